The predicted molar refractivity (Wildman–Crippen MR) is 75.9 cm³/mol. The smallest absolute Gasteiger partial charge is 0.238 e. The standard InChI is InChI=1S/C12H18N2O4.ClH/c1-13-7-11(15)14-8-5-9(16-2)12(18-4)10(6-8)17-3;/h5-6,13H,7H2,1-4H3,(H,14,15);1H. The van der Waals surface area contributed by atoms with Gasteiger partial charge in [0.05, 0.1) is 27.9 Å². The molecule has 7 heteroatoms. The Labute approximate surface area is 118 Å². The number of likely N-dealkylation sites (N-methyl/N-ethyl adjacent to an activating group) is 1. The summed E-state index contributed by atoms with van der Waals surface area (Å²) in [6.07, 6.45) is 0. The number of nitrogens with one attached hydrogen (secondary N) is 2. The lowest BCUT2D eigenvalue weighted by molar-refractivity contribution is -0.115. The van der Waals surface area contributed by atoms with E-state index in [1.54, 1.807) is 19.2 Å². The Balaban J connectivity index is 0.00000324. The van der Waals surface area contributed by atoms with E-state index in [2.05, 4.69) is 10.6 Å². The van der Waals surface area contributed by atoms with E-state index in [0.717, 1.165) is 0 Å². The lowest BCUT2D eigenvalue weighted by Gasteiger charge is -2.14. The Morgan fingerprint density at radius 3 is 2.00 bits per heavy atom. The number of carbonyl (C=O) groups is 1. The number of hydrogen-bond acceptors (Lipinski definition) is 5. The van der Waals surface area contributed by atoms with E-state index in [1.807, 2.05) is 0 Å². The van der Waals surface area contributed by atoms with Crippen LogP contribution < -0.4 is 24.8 Å². The molecule has 0 bridgehead atoms. The van der Waals surface area contributed by atoms with E-state index in [9.17, 15) is 4.79 Å². The number of carbonyl (C=O) groups excluding carboxylic acids is 1. The molecular formula is C12H19ClN2O4. The second-order valence-electron chi connectivity index (χ2n) is 3.49. The predicted octanol–water partition coefficient (Wildman–Crippen LogP) is 1.29. The van der Waals surface area contributed by atoms with Crippen molar-refractivity contribution >= 4 is 24.0 Å². The van der Waals surface area contributed by atoms with Crippen molar-refractivity contribution in [2.45, 2.75) is 0 Å². The third-order valence-electron chi connectivity index (χ3n) is 2.29. The number of ether oxygens (including phenoxy) is 3. The lowest BCUT2D eigenvalue weighted by Crippen LogP contribution is -2.25. The highest BCUT2D eigenvalue weighted by molar-refractivity contribution is 5.93. The monoisotopic (exact) mass is 290 g/mol. The van der Waals surface area contributed by atoms with E-state index >= 15 is 0 Å². The number of methoxy groups -OCH3 is 3. The van der Waals surface area contributed by atoms with Gasteiger partial charge in [0.1, 0.15) is 0 Å². The number of halogens is 1. The maximum atomic E-state index is 11.5. The molecule has 0 saturated heterocycles. The average Bonchev–Trinajstić information content (AvgIpc) is 2.37. The van der Waals surface area contributed by atoms with Crippen LogP contribution >= 0.6 is 12.4 Å². The summed E-state index contributed by atoms with van der Waals surface area (Å²) in [4.78, 5) is 11.5. The van der Waals surface area contributed by atoms with Crippen molar-refractivity contribution in [3.8, 4) is 17.2 Å². The summed E-state index contributed by atoms with van der Waals surface area (Å²) in [6.45, 7) is 0.233. The highest BCUT2D eigenvalue weighted by atomic mass is 35.5. The van der Waals surface area contributed by atoms with Gasteiger partial charge in [0.25, 0.3) is 0 Å². The van der Waals surface area contributed by atoms with Crippen molar-refractivity contribution in [2.24, 2.45) is 0 Å². The fraction of sp³-hybridized carbons (Fsp3) is 0.417. The first kappa shape index (κ1) is 17.3. The van der Waals surface area contributed by atoms with Crippen LogP contribution in [0.15, 0.2) is 12.1 Å². The molecular weight excluding hydrogens is 272 g/mol. The minimum Gasteiger partial charge on any atom is -0.493 e. The minimum absolute atomic E-state index is 0. The second-order valence-corrected chi connectivity index (χ2v) is 3.49. The number of anilines is 1. The molecule has 0 spiro atoms. The van der Waals surface area contributed by atoms with Crippen LogP contribution in [-0.2, 0) is 4.79 Å². The molecule has 0 aliphatic rings. The Kier molecular flexibility index (Phi) is 7.71. The van der Waals surface area contributed by atoms with Gasteiger partial charge in [0.15, 0.2) is 11.5 Å². The third-order valence-corrected chi connectivity index (χ3v) is 2.29. The first-order valence-electron chi connectivity index (χ1n) is 5.40. The van der Waals surface area contributed by atoms with E-state index in [4.69, 9.17) is 14.2 Å². The molecule has 0 radical (unpaired) electrons. The van der Waals surface area contributed by atoms with E-state index in [1.165, 1.54) is 21.3 Å². The maximum Gasteiger partial charge on any atom is 0.238 e. The van der Waals surface area contributed by atoms with Crippen LogP contribution in [0, 0.1) is 0 Å². The van der Waals surface area contributed by atoms with Crippen molar-refractivity contribution in [1.29, 1.82) is 0 Å². The van der Waals surface area contributed by atoms with Gasteiger partial charge >= 0.3 is 0 Å². The Bertz CT molecular complexity index is 401. The summed E-state index contributed by atoms with van der Waals surface area (Å²) in [7, 11) is 6.28. The molecule has 1 amide bonds. The van der Waals surface area contributed by atoms with Gasteiger partial charge in [-0.2, -0.15) is 0 Å². The van der Waals surface area contributed by atoms with Gasteiger partial charge in [-0.1, -0.05) is 0 Å². The van der Waals surface area contributed by atoms with E-state index in [0.29, 0.717) is 22.9 Å². The molecule has 0 unspecified atom stereocenters. The van der Waals surface area contributed by atoms with E-state index < -0.39 is 0 Å². The highest BCUT2D eigenvalue weighted by Crippen LogP contribution is 2.39. The summed E-state index contributed by atoms with van der Waals surface area (Å²) >= 11 is 0. The van der Waals surface area contributed by atoms with Crippen molar-refractivity contribution < 1.29 is 19.0 Å². The molecule has 0 heterocycles. The molecule has 1 aromatic carbocycles. The quantitative estimate of drug-likeness (QED) is 0.826. The third kappa shape index (κ3) is 4.50. The molecule has 6 nitrogen and oxygen atoms in total. The largest absolute Gasteiger partial charge is 0.493 e. The van der Waals surface area contributed by atoms with Crippen molar-refractivity contribution in [2.75, 3.05) is 40.2 Å². The molecule has 0 aliphatic carbocycles. The Morgan fingerprint density at radius 1 is 1.11 bits per heavy atom. The molecule has 0 saturated carbocycles. The zero-order valence-electron chi connectivity index (χ0n) is 11.4. The molecule has 0 aliphatic heterocycles. The molecule has 108 valence electrons. The van der Waals surface area contributed by atoms with Crippen LogP contribution in [0.4, 0.5) is 5.69 Å². The minimum atomic E-state index is -0.147. The maximum absolute atomic E-state index is 11.5. The first-order valence-corrected chi connectivity index (χ1v) is 5.40. The Hall–Kier alpha value is -1.66. The van der Waals surface area contributed by atoms with Crippen LogP contribution in [0.25, 0.3) is 0 Å². The van der Waals surface area contributed by atoms with Gasteiger partial charge in [-0.15, -0.1) is 12.4 Å². The molecule has 1 aromatic rings. The fourth-order valence-electron chi connectivity index (χ4n) is 1.52. The van der Waals surface area contributed by atoms with Gasteiger partial charge in [-0.05, 0) is 7.05 Å². The summed E-state index contributed by atoms with van der Waals surface area (Å²) in [6, 6.07) is 3.35. The molecule has 19 heavy (non-hydrogen) atoms. The van der Waals surface area contributed by atoms with Crippen LogP contribution in [0.1, 0.15) is 0 Å². The van der Waals surface area contributed by atoms with Crippen molar-refractivity contribution in [1.82, 2.24) is 5.32 Å². The Morgan fingerprint density at radius 2 is 1.63 bits per heavy atom. The molecule has 0 aromatic heterocycles. The summed E-state index contributed by atoms with van der Waals surface area (Å²) < 4.78 is 15.6. The zero-order chi connectivity index (χ0) is 13.5. The SMILES string of the molecule is CNCC(=O)Nc1cc(OC)c(OC)c(OC)c1.Cl. The van der Waals surface area contributed by atoms with Gasteiger partial charge in [-0.25, -0.2) is 0 Å². The lowest BCUT2D eigenvalue weighted by atomic mass is 10.2. The van der Waals surface area contributed by atoms with Crippen molar-refractivity contribution in [3.05, 3.63) is 12.1 Å². The molecule has 0 atom stereocenters. The number of amides is 1. The average molecular weight is 291 g/mol. The number of benzene rings is 1. The first-order chi connectivity index (χ1) is 8.65. The molecule has 2 N–H and O–H groups in total. The fourth-order valence-corrected chi connectivity index (χ4v) is 1.52. The van der Waals surface area contributed by atoms with Gasteiger partial charge < -0.3 is 24.8 Å². The van der Waals surface area contributed by atoms with Gasteiger partial charge in [-0.3, -0.25) is 4.79 Å². The second kappa shape index (κ2) is 8.44. The van der Waals surface area contributed by atoms with E-state index in [-0.39, 0.29) is 24.9 Å². The summed E-state index contributed by atoms with van der Waals surface area (Å²) in [5.41, 5.74) is 0.588. The van der Waals surface area contributed by atoms with Gasteiger partial charge in [0, 0.05) is 17.8 Å². The normalized spacial score (nSPS) is 9.26. The van der Waals surface area contributed by atoms with Crippen LogP contribution in [0.5, 0.6) is 17.2 Å². The van der Waals surface area contributed by atoms with Crippen molar-refractivity contribution in [3.63, 3.8) is 0 Å². The number of rotatable bonds is 6. The summed E-state index contributed by atoms with van der Waals surface area (Å²) in [5.74, 6) is 1.34. The zero-order valence-corrected chi connectivity index (χ0v) is 12.2. The van der Waals surface area contributed by atoms with Crippen LogP contribution in [0.2, 0.25) is 0 Å². The molecule has 0 fully saturated rings. The number of hydrogen-bond donors (Lipinski definition) is 2. The topological polar surface area (TPSA) is 68.8 Å². The molecule has 1 rings (SSSR count). The van der Waals surface area contributed by atoms with Crippen LogP contribution in [0.3, 0.4) is 0 Å². The highest BCUT2D eigenvalue weighted by Gasteiger charge is 2.14. The van der Waals surface area contributed by atoms with Gasteiger partial charge in [0.2, 0.25) is 11.7 Å². The van der Waals surface area contributed by atoms with Crippen LogP contribution in [-0.4, -0.2) is 40.8 Å². The summed E-state index contributed by atoms with van der Waals surface area (Å²) in [5, 5.41) is 5.49.